The van der Waals surface area contributed by atoms with E-state index in [1.807, 2.05) is 31.2 Å². The second-order valence-corrected chi connectivity index (χ2v) is 10.2. The van der Waals surface area contributed by atoms with Gasteiger partial charge in [-0.2, -0.15) is 0 Å². The van der Waals surface area contributed by atoms with Gasteiger partial charge in [0.05, 0.1) is 10.6 Å². The fourth-order valence-electron chi connectivity index (χ4n) is 3.16. The molecule has 0 aliphatic carbocycles. The molecular formula is C22H26N4O3S2. The third kappa shape index (κ3) is 5.74. The zero-order chi connectivity index (χ0) is 22.4. The van der Waals surface area contributed by atoms with E-state index in [-0.39, 0.29) is 22.3 Å². The first-order valence-corrected chi connectivity index (χ1v) is 12.7. The standard InChI is InChI=1S/C22H26N4O3S2/c1-4-26-20(15-31(28,29)17-10-6-5-7-11-17)24-25-22(26)30-14-21(27)23-19-13-9-8-12-18(19)16(2)3/h5-13,16H,4,14-15H2,1-3H3,(H,23,27). The van der Waals surface area contributed by atoms with Crippen molar-refractivity contribution in [2.45, 2.75) is 49.0 Å². The van der Waals surface area contributed by atoms with Gasteiger partial charge in [-0.25, -0.2) is 8.42 Å². The highest BCUT2D eigenvalue weighted by atomic mass is 32.2. The van der Waals surface area contributed by atoms with Crippen molar-refractivity contribution in [1.82, 2.24) is 14.8 Å². The van der Waals surface area contributed by atoms with Gasteiger partial charge in [0.1, 0.15) is 11.6 Å². The smallest absolute Gasteiger partial charge is 0.234 e. The number of hydrogen-bond acceptors (Lipinski definition) is 6. The summed E-state index contributed by atoms with van der Waals surface area (Å²) in [5.74, 6) is 0.408. The monoisotopic (exact) mass is 458 g/mol. The van der Waals surface area contributed by atoms with E-state index in [0.29, 0.717) is 23.4 Å². The van der Waals surface area contributed by atoms with E-state index in [1.54, 1.807) is 34.9 Å². The summed E-state index contributed by atoms with van der Waals surface area (Å²) >= 11 is 1.24. The van der Waals surface area contributed by atoms with Crippen LogP contribution in [0.25, 0.3) is 0 Å². The third-order valence-electron chi connectivity index (χ3n) is 4.72. The summed E-state index contributed by atoms with van der Waals surface area (Å²) in [4.78, 5) is 12.7. The van der Waals surface area contributed by atoms with E-state index in [4.69, 9.17) is 0 Å². The molecular weight excluding hydrogens is 432 g/mol. The van der Waals surface area contributed by atoms with Crippen LogP contribution < -0.4 is 5.32 Å². The molecule has 0 saturated carbocycles. The number of rotatable bonds is 9. The molecule has 0 aliphatic heterocycles. The molecule has 1 amide bonds. The zero-order valence-corrected chi connectivity index (χ0v) is 19.4. The van der Waals surface area contributed by atoms with Crippen LogP contribution in [0.2, 0.25) is 0 Å². The molecule has 0 spiro atoms. The molecule has 0 fully saturated rings. The molecule has 1 heterocycles. The molecule has 0 atom stereocenters. The summed E-state index contributed by atoms with van der Waals surface area (Å²) in [6, 6.07) is 16.0. The number of hydrogen-bond donors (Lipinski definition) is 1. The molecule has 2 aromatic carbocycles. The number of sulfone groups is 1. The first-order valence-electron chi connectivity index (χ1n) is 10.0. The average molecular weight is 459 g/mol. The number of benzene rings is 2. The van der Waals surface area contributed by atoms with Crippen molar-refractivity contribution in [1.29, 1.82) is 0 Å². The maximum atomic E-state index is 12.7. The minimum Gasteiger partial charge on any atom is -0.325 e. The van der Waals surface area contributed by atoms with Crippen molar-refractivity contribution >= 4 is 33.2 Å². The lowest BCUT2D eigenvalue weighted by Gasteiger charge is -2.13. The Labute approximate surface area is 187 Å². The average Bonchev–Trinajstić information content (AvgIpc) is 3.13. The second-order valence-electron chi connectivity index (χ2n) is 7.29. The Hall–Kier alpha value is -2.65. The Balaban J connectivity index is 1.68. The molecule has 0 saturated heterocycles. The zero-order valence-electron chi connectivity index (χ0n) is 17.8. The Morgan fingerprint density at radius 2 is 1.74 bits per heavy atom. The Kier molecular flexibility index (Phi) is 7.50. The molecule has 31 heavy (non-hydrogen) atoms. The summed E-state index contributed by atoms with van der Waals surface area (Å²) in [5.41, 5.74) is 1.88. The van der Waals surface area contributed by atoms with Gasteiger partial charge in [-0.15, -0.1) is 10.2 Å². The quantitative estimate of drug-likeness (QED) is 0.485. The lowest BCUT2D eigenvalue weighted by molar-refractivity contribution is -0.113. The van der Waals surface area contributed by atoms with Gasteiger partial charge in [0.25, 0.3) is 0 Å². The number of carbonyl (C=O) groups is 1. The lowest BCUT2D eigenvalue weighted by Crippen LogP contribution is -2.16. The molecule has 3 rings (SSSR count). The summed E-state index contributed by atoms with van der Waals surface area (Å²) in [5, 5.41) is 11.7. The van der Waals surface area contributed by atoms with Crippen LogP contribution in [0.4, 0.5) is 5.69 Å². The van der Waals surface area contributed by atoms with Crippen LogP contribution in [-0.4, -0.2) is 34.8 Å². The number of para-hydroxylation sites is 1. The Morgan fingerprint density at radius 1 is 1.06 bits per heavy atom. The number of anilines is 1. The molecule has 9 heteroatoms. The van der Waals surface area contributed by atoms with Gasteiger partial charge in [0.2, 0.25) is 5.91 Å². The van der Waals surface area contributed by atoms with Crippen LogP contribution >= 0.6 is 11.8 Å². The van der Waals surface area contributed by atoms with Crippen molar-refractivity contribution < 1.29 is 13.2 Å². The topological polar surface area (TPSA) is 93.9 Å². The molecule has 0 radical (unpaired) electrons. The molecule has 0 unspecified atom stereocenters. The number of carbonyl (C=O) groups excluding carboxylic acids is 1. The summed E-state index contributed by atoms with van der Waals surface area (Å²) in [6.45, 7) is 6.56. The van der Waals surface area contributed by atoms with Crippen LogP contribution in [-0.2, 0) is 26.9 Å². The van der Waals surface area contributed by atoms with Crippen molar-refractivity contribution in [2.24, 2.45) is 0 Å². The molecule has 1 aromatic heterocycles. The highest BCUT2D eigenvalue weighted by Crippen LogP contribution is 2.25. The largest absolute Gasteiger partial charge is 0.325 e. The fraction of sp³-hybridized carbons (Fsp3) is 0.318. The van der Waals surface area contributed by atoms with Crippen LogP contribution in [0.5, 0.6) is 0 Å². The van der Waals surface area contributed by atoms with Crippen LogP contribution in [0.3, 0.4) is 0 Å². The number of amides is 1. The van der Waals surface area contributed by atoms with Gasteiger partial charge in [-0.1, -0.05) is 62.0 Å². The molecule has 0 bridgehead atoms. The van der Waals surface area contributed by atoms with Gasteiger partial charge in [0.15, 0.2) is 15.0 Å². The van der Waals surface area contributed by atoms with E-state index >= 15 is 0 Å². The number of nitrogens with zero attached hydrogens (tertiary/aromatic N) is 3. The Bertz CT molecular complexity index is 1140. The molecule has 0 aliphatic rings. The SMILES string of the molecule is CCn1c(CS(=O)(=O)c2ccccc2)nnc1SCC(=O)Nc1ccccc1C(C)C. The molecule has 164 valence electrons. The number of thioether (sulfide) groups is 1. The fourth-order valence-corrected chi connectivity index (χ4v) is 5.28. The van der Waals surface area contributed by atoms with E-state index in [2.05, 4.69) is 29.4 Å². The normalized spacial score (nSPS) is 11.6. The van der Waals surface area contributed by atoms with E-state index in [0.717, 1.165) is 11.3 Å². The second kappa shape index (κ2) is 10.1. The summed E-state index contributed by atoms with van der Waals surface area (Å²) in [6.07, 6.45) is 0. The van der Waals surface area contributed by atoms with Gasteiger partial charge in [-0.05, 0) is 36.6 Å². The Morgan fingerprint density at radius 3 is 2.42 bits per heavy atom. The van der Waals surface area contributed by atoms with Crippen molar-refractivity contribution in [3.05, 3.63) is 66.0 Å². The predicted octanol–water partition coefficient (Wildman–Crippen LogP) is 4.13. The molecule has 1 N–H and O–H groups in total. The molecule has 7 nitrogen and oxygen atoms in total. The first kappa shape index (κ1) is 23.0. The predicted molar refractivity (Wildman–Crippen MR) is 123 cm³/mol. The van der Waals surface area contributed by atoms with Crippen molar-refractivity contribution in [2.75, 3.05) is 11.1 Å². The highest BCUT2D eigenvalue weighted by molar-refractivity contribution is 7.99. The van der Waals surface area contributed by atoms with Crippen molar-refractivity contribution in [3.63, 3.8) is 0 Å². The van der Waals surface area contributed by atoms with Crippen molar-refractivity contribution in [3.8, 4) is 0 Å². The van der Waals surface area contributed by atoms with Gasteiger partial charge >= 0.3 is 0 Å². The summed E-state index contributed by atoms with van der Waals surface area (Å²) < 4.78 is 27.1. The van der Waals surface area contributed by atoms with E-state index < -0.39 is 9.84 Å². The molecule has 3 aromatic rings. The minimum atomic E-state index is -3.53. The minimum absolute atomic E-state index is 0.149. The third-order valence-corrected chi connectivity index (χ3v) is 7.32. The highest BCUT2D eigenvalue weighted by Gasteiger charge is 2.21. The summed E-state index contributed by atoms with van der Waals surface area (Å²) in [7, 11) is -3.53. The van der Waals surface area contributed by atoms with E-state index in [9.17, 15) is 13.2 Å². The van der Waals surface area contributed by atoms with Gasteiger partial charge in [0, 0.05) is 12.2 Å². The number of nitrogens with one attached hydrogen (secondary N) is 1. The number of aromatic nitrogens is 3. The van der Waals surface area contributed by atoms with Crippen LogP contribution in [0.1, 0.15) is 38.1 Å². The van der Waals surface area contributed by atoms with Crippen LogP contribution in [0.15, 0.2) is 64.6 Å². The maximum Gasteiger partial charge on any atom is 0.234 e. The first-order chi connectivity index (χ1) is 14.8. The van der Waals surface area contributed by atoms with Gasteiger partial charge in [-0.3, -0.25) is 4.79 Å². The van der Waals surface area contributed by atoms with Gasteiger partial charge < -0.3 is 9.88 Å². The maximum absolute atomic E-state index is 12.7. The van der Waals surface area contributed by atoms with E-state index in [1.165, 1.54) is 11.8 Å². The van der Waals surface area contributed by atoms with Crippen LogP contribution in [0, 0.1) is 0 Å². The lowest BCUT2D eigenvalue weighted by atomic mass is 10.0.